The molecule has 138 valence electrons. The van der Waals surface area contributed by atoms with E-state index in [0.717, 1.165) is 58.7 Å². The summed E-state index contributed by atoms with van der Waals surface area (Å²) in [7, 11) is 0. The van der Waals surface area contributed by atoms with E-state index in [1.807, 2.05) is 6.92 Å². The molecule has 0 saturated carbocycles. The van der Waals surface area contributed by atoms with Crippen molar-refractivity contribution >= 4 is 5.91 Å². The van der Waals surface area contributed by atoms with Gasteiger partial charge < -0.3 is 9.64 Å². The van der Waals surface area contributed by atoms with Crippen molar-refractivity contribution in [2.24, 2.45) is 5.92 Å². The van der Waals surface area contributed by atoms with Crippen molar-refractivity contribution in [1.82, 2.24) is 9.80 Å². The maximum absolute atomic E-state index is 12.4. The minimum absolute atomic E-state index is 0.352. The molecule has 0 bridgehead atoms. The molecule has 2 aliphatic rings. The van der Waals surface area contributed by atoms with Crippen LogP contribution in [0.3, 0.4) is 0 Å². The van der Waals surface area contributed by atoms with Gasteiger partial charge in [-0.2, -0.15) is 0 Å². The summed E-state index contributed by atoms with van der Waals surface area (Å²) in [5, 5.41) is 0. The van der Waals surface area contributed by atoms with Crippen molar-refractivity contribution < 1.29 is 9.53 Å². The predicted octanol–water partition coefficient (Wildman–Crippen LogP) is 3.23. The Morgan fingerprint density at radius 2 is 2.16 bits per heavy atom. The van der Waals surface area contributed by atoms with Crippen molar-refractivity contribution in [3.63, 3.8) is 0 Å². The standard InChI is InChI=1S/C21H32N2O2/c1-3-25-13-5-11-23-20-10-12-22(16-19(20)8-9-21(23)24)15-18-7-4-6-17(2)14-18/h4,6-7,14,19-20H,3,5,8-13,15-16H2,1-2H3/t19-,20+/m1/s1. The Bertz CT molecular complexity index is 575. The Hall–Kier alpha value is -1.39. The van der Waals surface area contributed by atoms with Gasteiger partial charge in [0.2, 0.25) is 5.91 Å². The molecule has 0 unspecified atom stereocenters. The van der Waals surface area contributed by atoms with Crippen LogP contribution >= 0.6 is 0 Å². The van der Waals surface area contributed by atoms with E-state index in [0.29, 0.717) is 24.3 Å². The van der Waals surface area contributed by atoms with E-state index in [9.17, 15) is 4.79 Å². The number of nitrogens with zero attached hydrogens (tertiary/aromatic N) is 2. The summed E-state index contributed by atoms with van der Waals surface area (Å²) in [6.45, 7) is 9.79. The molecule has 2 atom stereocenters. The summed E-state index contributed by atoms with van der Waals surface area (Å²) in [4.78, 5) is 17.1. The Morgan fingerprint density at radius 1 is 1.28 bits per heavy atom. The highest BCUT2D eigenvalue weighted by Crippen LogP contribution is 2.32. The maximum atomic E-state index is 12.4. The van der Waals surface area contributed by atoms with Gasteiger partial charge in [0.15, 0.2) is 0 Å². The molecule has 1 aromatic carbocycles. The number of carbonyl (C=O) groups excluding carboxylic acids is 1. The fourth-order valence-electron chi connectivity index (χ4n) is 4.41. The maximum Gasteiger partial charge on any atom is 0.222 e. The highest BCUT2D eigenvalue weighted by atomic mass is 16.5. The molecule has 25 heavy (non-hydrogen) atoms. The lowest BCUT2D eigenvalue weighted by Gasteiger charge is -2.47. The highest BCUT2D eigenvalue weighted by molar-refractivity contribution is 5.77. The number of benzene rings is 1. The van der Waals surface area contributed by atoms with E-state index in [4.69, 9.17) is 4.74 Å². The van der Waals surface area contributed by atoms with Gasteiger partial charge in [0.05, 0.1) is 0 Å². The van der Waals surface area contributed by atoms with Gasteiger partial charge in [-0.05, 0) is 44.6 Å². The number of hydrogen-bond acceptors (Lipinski definition) is 3. The third-order valence-corrected chi connectivity index (χ3v) is 5.61. The number of hydrogen-bond donors (Lipinski definition) is 0. The first kappa shape index (κ1) is 18.4. The van der Waals surface area contributed by atoms with E-state index in [1.54, 1.807) is 0 Å². The minimum atomic E-state index is 0.352. The Labute approximate surface area is 152 Å². The van der Waals surface area contributed by atoms with Crippen molar-refractivity contribution in [3.05, 3.63) is 35.4 Å². The average molecular weight is 344 g/mol. The van der Waals surface area contributed by atoms with E-state index < -0.39 is 0 Å². The van der Waals surface area contributed by atoms with Crippen molar-refractivity contribution in [2.45, 2.75) is 52.1 Å². The summed E-state index contributed by atoms with van der Waals surface area (Å²) < 4.78 is 5.44. The van der Waals surface area contributed by atoms with Crippen LogP contribution in [0.4, 0.5) is 0 Å². The fourth-order valence-corrected chi connectivity index (χ4v) is 4.41. The predicted molar refractivity (Wildman–Crippen MR) is 100 cm³/mol. The van der Waals surface area contributed by atoms with Crippen LogP contribution in [0.25, 0.3) is 0 Å². The van der Waals surface area contributed by atoms with Gasteiger partial charge in [-0.3, -0.25) is 9.69 Å². The summed E-state index contributed by atoms with van der Waals surface area (Å²) in [5.74, 6) is 0.980. The van der Waals surface area contributed by atoms with Gasteiger partial charge in [0.1, 0.15) is 0 Å². The van der Waals surface area contributed by atoms with E-state index >= 15 is 0 Å². The highest BCUT2D eigenvalue weighted by Gasteiger charge is 2.38. The molecule has 0 spiro atoms. The monoisotopic (exact) mass is 344 g/mol. The molecule has 2 saturated heterocycles. The normalized spacial score (nSPS) is 24.4. The SMILES string of the molecule is CCOCCCN1C(=O)CC[C@@H]2CN(Cc3cccc(C)c3)CC[C@@H]21. The lowest BCUT2D eigenvalue weighted by atomic mass is 9.83. The van der Waals surface area contributed by atoms with Gasteiger partial charge >= 0.3 is 0 Å². The second-order valence-corrected chi connectivity index (χ2v) is 7.52. The average Bonchev–Trinajstić information content (AvgIpc) is 2.60. The van der Waals surface area contributed by atoms with Crippen LogP contribution < -0.4 is 0 Å². The van der Waals surface area contributed by atoms with E-state index in [2.05, 4.69) is 41.0 Å². The lowest BCUT2D eigenvalue weighted by molar-refractivity contribution is -0.141. The van der Waals surface area contributed by atoms with E-state index in [-0.39, 0.29) is 0 Å². The van der Waals surface area contributed by atoms with Crippen LogP contribution in [0, 0.1) is 12.8 Å². The molecule has 1 amide bonds. The number of aryl methyl sites for hydroxylation is 1. The molecule has 2 heterocycles. The quantitative estimate of drug-likeness (QED) is 0.712. The van der Waals surface area contributed by atoms with Crippen LogP contribution in [0.15, 0.2) is 24.3 Å². The smallest absolute Gasteiger partial charge is 0.222 e. The molecule has 1 aromatic rings. The van der Waals surface area contributed by atoms with Crippen LogP contribution in [0.5, 0.6) is 0 Å². The first-order valence-electron chi connectivity index (χ1n) is 9.82. The Balaban J connectivity index is 1.55. The minimum Gasteiger partial charge on any atom is -0.382 e. The van der Waals surface area contributed by atoms with Gasteiger partial charge in [-0.25, -0.2) is 0 Å². The lowest BCUT2D eigenvalue weighted by Crippen LogP contribution is -2.56. The molecule has 4 heteroatoms. The molecule has 0 radical (unpaired) electrons. The molecule has 4 nitrogen and oxygen atoms in total. The molecule has 0 N–H and O–H groups in total. The number of ether oxygens (including phenoxy) is 1. The zero-order valence-corrected chi connectivity index (χ0v) is 15.7. The first-order valence-corrected chi connectivity index (χ1v) is 9.82. The fraction of sp³-hybridized carbons (Fsp3) is 0.667. The number of likely N-dealkylation sites (tertiary alicyclic amines) is 2. The Morgan fingerprint density at radius 3 is 2.96 bits per heavy atom. The summed E-state index contributed by atoms with van der Waals surface area (Å²) in [6.07, 6.45) is 3.83. The molecular formula is C21H32N2O2. The van der Waals surface area contributed by atoms with E-state index in [1.165, 1.54) is 11.1 Å². The second-order valence-electron chi connectivity index (χ2n) is 7.52. The molecule has 2 aliphatic heterocycles. The molecule has 3 rings (SSSR count). The van der Waals surface area contributed by atoms with Gasteiger partial charge in [0.25, 0.3) is 0 Å². The molecular weight excluding hydrogens is 312 g/mol. The first-order chi connectivity index (χ1) is 12.2. The van der Waals surface area contributed by atoms with Crippen LogP contribution in [0.1, 0.15) is 43.7 Å². The van der Waals surface area contributed by atoms with Crippen molar-refractivity contribution in [2.75, 3.05) is 32.8 Å². The second kappa shape index (κ2) is 8.81. The van der Waals surface area contributed by atoms with Crippen molar-refractivity contribution in [3.8, 4) is 0 Å². The van der Waals surface area contributed by atoms with Gasteiger partial charge in [-0.1, -0.05) is 29.8 Å². The number of piperidine rings is 2. The third kappa shape index (κ3) is 4.83. The zero-order valence-electron chi connectivity index (χ0n) is 15.7. The summed E-state index contributed by atoms with van der Waals surface area (Å²) in [5.41, 5.74) is 2.73. The number of amides is 1. The molecule has 0 aromatic heterocycles. The number of rotatable bonds is 7. The summed E-state index contributed by atoms with van der Waals surface area (Å²) in [6, 6.07) is 9.26. The number of carbonyl (C=O) groups is 1. The van der Waals surface area contributed by atoms with Crippen LogP contribution in [-0.2, 0) is 16.1 Å². The topological polar surface area (TPSA) is 32.8 Å². The van der Waals surface area contributed by atoms with Gasteiger partial charge in [0, 0.05) is 51.9 Å². The summed E-state index contributed by atoms with van der Waals surface area (Å²) >= 11 is 0. The van der Waals surface area contributed by atoms with Crippen molar-refractivity contribution in [1.29, 1.82) is 0 Å². The van der Waals surface area contributed by atoms with Gasteiger partial charge in [-0.15, -0.1) is 0 Å². The Kier molecular flexibility index (Phi) is 6.49. The molecule has 2 fully saturated rings. The largest absolute Gasteiger partial charge is 0.382 e. The number of fused-ring (bicyclic) bond motifs is 1. The molecule has 0 aliphatic carbocycles. The van der Waals surface area contributed by atoms with Crippen LogP contribution in [0.2, 0.25) is 0 Å². The third-order valence-electron chi connectivity index (χ3n) is 5.61. The zero-order chi connectivity index (χ0) is 17.6. The van der Waals surface area contributed by atoms with Crippen LogP contribution in [-0.4, -0.2) is 54.6 Å².